The van der Waals surface area contributed by atoms with Gasteiger partial charge in [-0.25, -0.2) is 9.97 Å². The van der Waals surface area contributed by atoms with Gasteiger partial charge in [-0.15, -0.1) is 0 Å². The summed E-state index contributed by atoms with van der Waals surface area (Å²) in [6, 6.07) is 3.98. The molecule has 29 heavy (non-hydrogen) atoms. The Balaban J connectivity index is 1.79. The summed E-state index contributed by atoms with van der Waals surface area (Å²) in [5.74, 6) is 2.41. The average Bonchev–Trinajstić information content (AvgIpc) is 2.92. The smallest absolute Gasteiger partial charge is 0.148 e. The number of hydrogen-bond donors (Lipinski definition) is 4. The highest BCUT2D eigenvalue weighted by Crippen LogP contribution is 2.40. The van der Waals surface area contributed by atoms with E-state index in [1.807, 2.05) is 26.1 Å². The Hall–Kier alpha value is -2.64. The molecule has 0 amide bonds. The van der Waals surface area contributed by atoms with Gasteiger partial charge < -0.3 is 25.8 Å². The SMILES string of the molecule is CNc1cc(C)nc(Nc2nc3c(c(C4=CCNC[C@H](O)C4)c2C)OCCC3)c1. The Bertz CT molecular complexity index is 941. The molecule has 4 heterocycles. The molecule has 4 rings (SSSR count). The highest BCUT2D eigenvalue weighted by Gasteiger charge is 2.25. The first-order valence-corrected chi connectivity index (χ1v) is 10.2. The molecule has 0 bridgehead atoms. The van der Waals surface area contributed by atoms with E-state index in [0.717, 1.165) is 70.5 Å². The fourth-order valence-corrected chi connectivity index (χ4v) is 4.01. The molecule has 0 fully saturated rings. The lowest BCUT2D eigenvalue weighted by Gasteiger charge is -2.25. The van der Waals surface area contributed by atoms with Crippen LogP contribution in [0.2, 0.25) is 0 Å². The van der Waals surface area contributed by atoms with Crippen molar-refractivity contribution in [2.45, 2.75) is 39.2 Å². The van der Waals surface area contributed by atoms with Gasteiger partial charge in [-0.2, -0.15) is 0 Å². The van der Waals surface area contributed by atoms with Gasteiger partial charge in [0.05, 0.1) is 18.4 Å². The van der Waals surface area contributed by atoms with Gasteiger partial charge in [-0.3, -0.25) is 0 Å². The van der Waals surface area contributed by atoms with Gasteiger partial charge in [0, 0.05) is 55.1 Å². The van der Waals surface area contributed by atoms with Crippen molar-refractivity contribution in [2.75, 3.05) is 37.4 Å². The number of rotatable bonds is 4. The first-order valence-electron chi connectivity index (χ1n) is 10.2. The van der Waals surface area contributed by atoms with Gasteiger partial charge in [0.25, 0.3) is 0 Å². The highest BCUT2D eigenvalue weighted by molar-refractivity contribution is 5.79. The molecular weight excluding hydrogens is 366 g/mol. The Labute approximate surface area is 171 Å². The zero-order valence-corrected chi connectivity index (χ0v) is 17.3. The van der Waals surface area contributed by atoms with Crippen LogP contribution in [0.25, 0.3) is 5.57 Å². The first-order chi connectivity index (χ1) is 14.0. The molecule has 7 heteroatoms. The number of ether oxygens (including phenoxy) is 1. The molecule has 2 aromatic heterocycles. The number of aliphatic hydroxyl groups excluding tert-OH is 1. The van der Waals surface area contributed by atoms with Gasteiger partial charge in [-0.05, 0) is 38.3 Å². The second kappa shape index (κ2) is 8.39. The summed E-state index contributed by atoms with van der Waals surface area (Å²) in [6.45, 7) is 6.06. The van der Waals surface area contributed by atoms with E-state index in [-0.39, 0.29) is 0 Å². The van der Waals surface area contributed by atoms with Gasteiger partial charge in [-0.1, -0.05) is 6.08 Å². The van der Waals surface area contributed by atoms with Crippen LogP contribution in [0, 0.1) is 13.8 Å². The third-order valence-electron chi connectivity index (χ3n) is 5.41. The normalized spacial score (nSPS) is 18.9. The topological polar surface area (TPSA) is 91.3 Å². The number of aryl methyl sites for hydroxylation is 2. The van der Waals surface area contributed by atoms with Gasteiger partial charge >= 0.3 is 0 Å². The zero-order valence-electron chi connectivity index (χ0n) is 17.3. The van der Waals surface area contributed by atoms with E-state index in [1.54, 1.807) is 0 Å². The molecule has 7 nitrogen and oxygen atoms in total. The van der Waals surface area contributed by atoms with E-state index in [2.05, 4.69) is 33.9 Å². The minimum Gasteiger partial charge on any atom is -0.491 e. The number of β-amino-alcohol motifs (C(OH)–C–C–N with tert-alkyl or cyclic N) is 1. The van der Waals surface area contributed by atoms with E-state index in [4.69, 9.17) is 9.72 Å². The molecule has 0 aromatic carbocycles. The van der Waals surface area contributed by atoms with Crippen LogP contribution >= 0.6 is 0 Å². The summed E-state index contributed by atoms with van der Waals surface area (Å²) in [5, 5.41) is 20.2. The van der Waals surface area contributed by atoms with Crippen molar-refractivity contribution in [1.29, 1.82) is 0 Å². The summed E-state index contributed by atoms with van der Waals surface area (Å²) >= 11 is 0. The number of aromatic nitrogens is 2. The van der Waals surface area contributed by atoms with E-state index in [0.29, 0.717) is 19.6 Å². The number of aliphatic hydroxyl groups is 1. The Morgan fingerprint density at radius 2 is 2.10 bits per heavy atom. The second-order valence-electron chi connectivity index (χ2n) is 7.69. The molecule has 1 atom stereocenters. The molecule has 2 aromatic rings. The van der Waals surface area contributed by atoms with Crippen molar-refractivity contribution in [2.24, 2.45) is 0 Å². The monoisotopic (exact) mass is 395 g/mol. The number of anilines is 3. The number of hydrogen-bond acceptors (Lipinski definition) is 7. The summed E-state index contributed by atoms with van der Waals surface area (Å²) < 4.78 is 6.07. The Kier molecular flexibility index (Phi) is 5.69. The number of fused-ring (bicyclic) bond motifs is 1. The van der Waals surface area contributed by atoms with Crippen LogP contribution in [-0.2, 0) is 6.42 Å². The molecule has 0 radical (unpaired) electrons. The molecule has 0 aliphatic carbocycles. The lowest BCUT2D eigenvalue weighted by atomic mass is 9.93. The van der Waals surface area contributed by atoms with Gasteiger partial charge in [0.2, 0.25) is 0 Å². The van der Waals surface area contributed by atoms with Crippen LogP contribution in [0.1, 0.15) is 35.4 Å². The van der Waals surface area contributed by atoms with Crippen molar-refractivity contribution in [3.63, 3.8) is 0 Å². The van der Waals surface area contributed by atoms with E-state index in [1.165, 1.54) is 0 Å². The summed E-state index contributed by atoms with van der Waals surface area (Å²) in [5.41, 5.74) is 6.07. The number of nitrogens with zero attached hydrogens (tertiary/aromatic N) is 2. The van der Waals surface area contributed by atoms with Crippen molar-refractivity contribution in [3.05, 3.63) is 40.7 Å². The molecule has 2 aliphatic rings. The molecule has 154 valence electrons. The summed E-state index contributed by atoms with van der Waals surface area (Å²) in [7, 11) is 1.90. The minimum atomic E-state index is -0.413. The Morgan fingerprint density at radius 3 is 2.93 bits per heavy atom. The van der Waals surface area contributed by atoms with Crippen LogP contribution in [0.3, 0.4) is 0 Å². The third kappa shape index (κ3) is 4.21. The van der Waals surface area contributed by atoms with Crippen molar-refractivity contribution >= 4 is 22.9 Å². The molecule has 2 aliphatic heterocycles. The Morgan fingerprint density at radius 1 is 1.24 bits per heavy atom. The summed E-state index contributed by atoms with van der Waals surface area (Å²) in [6.07, 6.45) is 4.18. The van der Waals surface area contributed by atoms with E-state index < -0.39 is 6.10 Å². The van der Waals surface area contributed by atoms with E-state index in [9.17, 15) is 5.11 Å². The van der Waals surface area contributed by atoms with Crippen LogP contribution in [0.4, 0.5) is 17.3 Å². The third-order valence-corrected chi connectivity index (χ3v) is 5.41. The maximum Gasteiger partial charge on any atom is 0.148 e. The molecule has 4 N–H and O–H groups in total. The maximum absolute atomic E-state index is 10.3. The van der Waals surface area contributed by atoms with Gasteiger partial charge in [0.15, 0.2) is 0 Å². The molecule has 0 saturated heterocycles. The molecule has 0 saturated carbocycles. The quantitative estimate of drug-likeness (QED) is 0.633. The highest BCUT2D eigenvalue weighted by atomic mass is 16.5. The van der Waals surface area contributed by atoms with Crippen LogP contribution in [-0.4, -0.2) is 47.9 Å². The van der Waals surface area contributed by atoms with Crippen molar-refractivity contribution in [3.8, 4) is 5.75 Å². The average molecular weight is 396 g/mol. The molecule has 0 spiro atoms. The largest absolute Gasteiger partial charge is 0.491 e. The fraction of sp³-hybridized carbons (Fsp3) is 0.455. The second-order valence-corrected chi connectivity index (χ2v) is 7.69. The lowest BCUT2D eigenvalue weighted by molar-refractivity contribution is 0.180. The van der Waals surface area contributed by atoms with E-state index >= 15 is 0 Å². The number of nitrogens with one attached hydrogen (secondary N) is 3. The van der Waals surface area contributed by atoms with Gasteiger partial charge in [0.1, 0.15) is 17.4 Å². The molecular formula is C22H29N5O2. The lowest BCUT2D eigenvalue weighted by Crippen LogP contribution is -2.24. The molecule has 0 unspecified atom stereocenters. The predicted molar refractivity (Wildman–Crippen MR) is 116 cm³/mol. The summed E-state index contributed by atoms with van der Waals surface area (Å²) in [4.78, 5) is 9.50. The zero-order chi connectivity index (χ0) is 20.4. The van der Waals surface area contributed by atoms with Crippen LogP contribution in [0.5, 0.6) is 5.75 Å². The number of pyridine rings is 2. The predicted octanol–water partition coefficient (Wildman–Crippen LogP) is 2.94. The van der Waals surface area contributed by atoms with Crippen LogP contribution in [0.15, 0.2) is 18.2 Å². The van der Waals surface area contributed by atoms with Crippen molar-refractivity contribution in [1.82, 2.24) is 15.3 Å². The van der Waals surface area contributed by atoms with Crippen LogP contribution < -0.4 is 20.7 Å². The van der Waals surface area contributed by atoms with Crippen molar-refractivity contribution < 1.29 is 9.84 Å². The maximum atomic E-state index is 10.3. The first kappa shape index (κ1) is 19.7. The minimum absolute atomic E-state index is 0.413. The fourth-order valence-electron chi connectivity index (χ4n) is 4.01. The standard InChI is InChI=1S/C22H29N5O2/c1-13-9-16(23-3)11-19(25-13)27-22-14(2)20(15-6-7-24-12-17(28)10-15)21-18(26-22)5-4-8-29-21/h6,9,11,17,24,28H,4-5,7-8,10,12H2,1-3H3,(H2,23,25,26,27)/t17-/m1/s1.